The van der Waals surface area contributed by atoms with Crippen LogP contribution in [0.25, 0.3) is 11.3 Å². The minimum Gasteiger partial charge on any atom is -0.328 e. The standard InChI is InChI=1S/C13H13F3N2S/c1-8(17)6-12-18-11(7-19-12)9-4-2-3-5-10(9)13(14,15)16/h2-5,7-8H,6,17H2,1H3. The van der Waals surface area contributed by atoms with Crippen LogP contribution in [-0.4, -0.2) is 11.0 Å². The summed E-state index contributed by atoms with van der Waals surface area (Å²) >= 11 is 1.33. The summed E-state index contributed by atoms with van der Waals surface area (Å²) in [5, 5.41) is 2.39. The zero-order valence-electron chi connectivity index (χ0n) is 10.2. The van der Waals surface area contributed by atoms with Crippen LogP contribution >= 0.6 is 11.3 Å². The smallest absolute Gasteiger partial charge is 0.328 e. The number of thiazole rings is 1. The Bertz CT molecular complexity index is 561. The van der Waals surface area contributed by atoms with Gasteiger partial charge >= 0.3 is 6.18 Å². The Balaban J connectivity index is 2.39. The van der Waals surface area contributed by atoms with E-state index in [4.69, 9.17) is 5.73 Å². The van der Waals surface area contributed by atoms with Crippen LogP contribution in [0, 0.1) is 0 Å². The Labute approximate surface area is 113 Å². The van der Waals surface area contributed by atoms with E-state index in [0.717, 1.165) is 11.1 Å². The van der Waals surface area contributed by atoms with E-state index >= 15 is 0 Å². The molecule has 2 N–H and O–H groups in total. The SMILES string of the molecule is CC(N)Cc1nc(-c2ccccc2C(F)(F)F)cs1. The highest BCUT2D eigenvalue weighted by molar-refractivity contribution is 7.09. The molecular formula is C13H13F3N2S. The van der Waals surface area contributed by atoms with Gasteiger partial charge < -0.3 is 5.73 Å². The number of aromatic nitrogens is 1. The summed E-state index contributed by atoms with van der Waals surface area (Å²) in [4.78, 5) is 4.23. The molecule has 2 aromatic rings. The molecule has 0 amide bonds. The summed E-state index contributed by atoms with van der Waals surface area (Å²) < 4.78 is 38.7. The van der Waals surface area contributed by atoms with Gasteiger partial charge in [-0.25, -0.2) is 4.98 Å². The second kappa shape index (κ2) is 5.30. The number of rotatable bonds is 3. The van der Waals surface area contributed by atoms with Crippen LogP contribution in [0.1, 0.15) is 17.5 Å². The van der Waals surface area contributed by atoms with Gasteiger partial charge in [0.25, 0.3) is 0 Å². The summed E-state index contributed by atoms with van der Waals surface area (Å²) in [7, 11) is 0. The van der Waals surface area contributed by atoms with E-state index in [-0.39, 0.29) is 11.6 Å². The lowest BCUT2D eigenvalue weighted by molar-refractivity contribution is -0.137. The highest BCUT2D eigenvalue weighted by atomic mass is 32.1. The molecule has 2 nitrogen and oxygen atoms in total. The second-order valence-electron chi connectivity index (χ2n) is 4.35. The lowest BCUT2D eigenvalue weighted by Crippen LogP contribution is -2.17. The predicted molar refractivity (Wildman–Crippen MR) is 69.9 cm³/mol. The van der Waals surface area contributed by atoms with Gasteiger partial charge in [0.05, 0.1) is 16.3 Å². The molecule has 0 bridgehead atoms. The monoisotopic (exact) mass is 286 g/mol. The third-order valence-electron chi connectivity index (χ3n) is 2.56. The van der Waals surface area contributed by atoms with Crippen LogP contribution in [0.2, 0.25) is 0 Å². The van der Waals surface area contributed by atoms with Crippen molar-refractivity contribution < 1.29 is 13.2 Å². The molecule has 0 saturated carbocycles. The first-order chi connectivity index (χ1) is 8.88. The molecule has 0 aliphatic carbocycles. The fraction of sp³-hybridized carbons (Fsp3) is 0.308. The maximum absolute atomic E-state index is 12.9. The number of nitrogens with zero attached hydrogens (tertiary/aromatic N) is 1. The van der Waals surface area contributed by atoms with Gasteiger partial charge in [0.2, 0.25) is 0 Å². The van der Waals surface area contributed by atoms with Crippen molar-refractivity contribution in [3.05, 3.63) is 40.2 Å². The van der Waals surface area contributed by atoms with E-state index in [9.17, 15) is 13.2 Å². The summed E-state index contributed by atoms with van der Waals surface area (Å²) in [6, 6.07) is 5.40. The van der Waals surface area contributed by atoms with Gasteiger partial charge in [0.1, 0.15) is 0 Å². The van der Waals surface area contributed by atoms with Crippen molar-refractivity contribution in [3.63, 3.8) is 0 Å². The summed E-state index contributed by atoms with van der Waals surface area (Å²) in [5.41, 5.74) is 5.47. The molecular weight excluding hydrogens is 273 g/mol. The fourth-order valence-electron chi connectivity index (χ4n) is 1.76. The molecule has 0 saturated heterocycles. The van der Waals surface area contributed by atoms with Gasteiger partial charge in [-0.05, 0) is 13.0 Å². The highest BCUT2D eigenvalue weighted by Gasteiger charge is 2.33. The molecule has 1 aromatic carbocycles. The summed E-state index contributed by atoms with van der Waals surface area (Å²) in [5.74, 6) is 0. The van der Waals surface area contributed by atoms with Crippen molar-refractivity contribution in [2.24, 2.45) is 5.73 Å². The molecule has 1 aromatic heterocycles. The van der Waals surface area contributed by atoms with Gasteiger partial charge in [-0.2, -0.15) is 13.2 Å². The number of hydrogen-bond acceptors (Lipinski definition) is 3. The van der Waals surface area contributed by atoms with Crippen LogP contribution in [-0.2, 0) is 12.6 Å². The Morgan fingerprint density at radius 1 is 1.32 bits per heavy atom. The molecule has 1 unspecified atom stereocenters. The van der Waals surface area contributed by atoms with Crippen LogP contribution in [0.4, 0.5) is 13.2 Å². The van der Waals surface area contributed by atoms with Gasteiger partial charge in [-0.3, -0.25) is 0 Å². The number of halogens is 3. The van der Waals surface area contributed by atoms with E-state index in [2.05, 4.69) is 4.98 Å². The highest BCUT2D eigenvalue weighted by Crippen LogP contribution is 2.37. The Kier molecular flexibility index (Phi) is 3.91. The Morgan fingerprint density at radius 2 is 2.00 bits per heavy atom. The zero-order valence-corrected chi connectivity index (χ0v) is 11.1. The Hall–Kier alpha value is -1.40. The van der Waals surface area contributed by atoms with Crippen LogP contribution < -0.4 is 5.73 Å². The van der Waals surface area contributed by atoms with Crippen molar-refractivity contribution in [1.29, 1.82) is 0 Å². The maximum Gasteiger partial charge on any atom is 0.417 e. The number of alkyl halides is 3. The summed E-state index contributed by atoms with van der Waals surface area (Å²) in [6.07, 6.45) is -3.81. The molecule has 0 fully saturated rings. The molecule has 1 heterocycles. The zero-order chi connectivity index (χ0) is 14.0. The molecule has 2 rings (SSSR count). The van der Waals surface area contributed by atoms with Gasteiger partial charge in [0.15, 0.2) is 0 Å². The molecule has 19 heavy (non-hydrogen) atoms. The topological polar surface area (TPSA) is 38.9 Å². The molecule has 0 aliphatic rings. The van der Waals surface area contributed by atoms with E-state index in [0.29, 0.717) is 12.1 Å². The molecule has 0 aliphatic heterocycles. The minimum absolute atomic E-state index is 0.0585. The number of hydrogen-bond donors (Lipinski definition) is 1. The molecule has 6 heteroatoms. The quantitative estimate of drug-likeness (QED) is 0.934. The van der Waals surface area contributed by atoms with Crippen LogP contribution in [0.5, 0.6) is 0 Å². The largest absolute Gasteiger partial charge is 0.417 e. The predicted octanol–water partition coefficient (Wildman–Crippen LogP) is 3.72. The van der Waals surface area contributed by atoms with Gasteiger partial charge in [-0.1, -0.05) is 18.2 Å². The van der Waals surface area contributed by atoms with Gasteiger partial charge in [-0.15, -0.1) is 11.3 Å². The third kappa shape index (κ3) is 3.33. The fourth-order valence-corrected chi connectivity index (χ4v) is 2.69. The summed E-state index contributed by atoms with van der Waals surface area (Å²) in [6.45, 7) is 1.84. The average molecular weight is 286 g/mol. The second-order valence-corrected chi connectivity index (χ2v) is 5.29. The Morgan fingerprint density at radius 3 is 2.63 bits per heavy atom. The molecule has 0 spiro atoms. The van der Waals surface area contributed by atoms with E-state index in [1.165, 1.54) is 23.5 Å². The lowest BCUT2D eigenvalue weighted by Gasteiger charge is -2.10. The number of nitrogens with two attached hydrogens (primary N) is 1. The van der Waals surface area contributed by atoms with Crippen molar-refractivity contribution in [1.82, 2.24) is 4.98 Å². The average Bonchev–Trinajstić information content (AvgIpc) is 2.75. The first-order valence-corrected chi connectivity index (χ1v) is 6.62. The van der Waals surface area contributed by atoms with E-state index in [1.807, 2.05) is 6.92 Å². The number of benzene rings is 1. The van der Waals surface area contributed by atoms with E-state index in [1.54, 1.807) is 11.4 Å². The van der Waals surface area contributed by atoms with Gasteiger partial charge in [0, 0.05) is 23.4 Å². The molecule has 1 atom stereocenters. The maximum atomic E-state index is 12.9. The molecule has 102 valence electrons. The van der Waals surface area contributed by atoms with Crippen molar-refractivity contribution >= 4 is 11.3 Å². The van der Waals surface area contributed by atoms with E-state index < -0.39 is 11.7 Å². The van der Waals surface area contributed by atoms with Crippen LogP contribution in [0.15, 0.2) is 29.6 Å². The van der Waals surface area contributed by atoms with Crippen LogP contribution in [0.3, 0.4) is 0 Å². The van der Waals surface area contributed by atoms with Crippen molar-refractivity contribution in [3.8, 4) is 11.3 Å². The molecule has 0 radical (unpaired) electrons. The first-order valence-electron chi connectivity index (χ1n) is 5.74. The minimum atomic E-state index is -4.37. The van der Waals surface area contributed by atoms with Crippen molar-refractivity contribution in [2.45, 2.75) is 25.6 Å². The third-order valence-corrected chi connectivity index (χ3v) is 3.43. The normalized spacial score (nSPS) is 13.5. The first kappa shape index (κ1) is 14.0. The lowest BCUT2D eigenvalue weighted by atomic mass is 10.1. The van der Waals surface area contributed by atoms with Crippen molar-refractivity contribution in [2.75, 3.05) is 0 Å².